The molecule has 1 rings (SSSR count). The van der Waals surface area contributed by atoms with Gasteiger partial charge in [0.25, 0.3) is 0 Å². The molecule has 1 aromatic rings. The van der Waals surface area contributed by atoms with E-state index in [1.807, 2.05) is 6.07 Å². The molecular formula is C16H25FO. The molecule has 0 radical (unpaired) electrons. The molecule has 1 nitrogen and oxygen atoms in total. The van der Waals surface area contributed by atoms with Crippen molar-refractivity contribution in [2.24, 2.45) is 5.92 Å². The van der Waals surface area contributed by atoms with Gasteiger partial charge in [-0.1, -0.05) is 40.2 Å². The zero-order valence-electron chi connectivity index (χ0n) is 12.0. The Labute approximate surface area is 110 Å². The van der Waals surface area contributed by atoms with Crippen molar-refractivity contribution < 1.29 is 9.13 Å². The minimum Gasteiger partial charge on any atom is -0.491 e. The molecule has 0 aliphatic heterocycles. The Morgan fingerprint density at radius 1 is 1.17 bits per heavy atom. The summed E-state index contributed by atoms with van der Waals surface area (Å²) >= 11 is 0. The Morgan fingerprint density at radius 2 is 1.89 bits per heavy atom. The van der Waals surface area contributed by atoms with Gasteiger partial charge in [0.15, 0.2) is 0 Å². The van der Waals surface area contributed by atoms with E-state index >= 15 is 0 Å². The minimum atomic E-state index is -0.437. The van der Waals surface area contributed by atoms with Crippen LogP contribution < -0.4 is 4.74 Å². The van der Waals surface area contributed by atoms with E-state index < -0.39 is 6.67 Å². The Bertz CT molecular complexity index is 360. The zero-order chi connectivity index (χ0) is 13.5. The highest BCUT2D eigenvalue weighted by atomic mass is 19.1. The molecule has 0 aromatic heterocycles. The largest absolute Gasteiger partial charge is 0.491 e. The summed E-state index contributed by atoms with van der Waals surface area (Å²) in [6.07, 6.45) is 2.16. The molecule has 1 aromatic carbocycles. The molecule has 0 amide bonds. The van der Waals surface area contributed by atoms with Crippen LogP contribution in [0.1, 0.15) is 51.2 Å². The Morgan fingerprint density at radius 3 is 2.44 bits per heavy atom. The highest BCUT2D eigenvalue weighted by molar-refractivity contribution is 5.36. The number of ether oxygens (including phenoxy) is 1. The highest BCUT2D eigenvalue weighted by Gasteiger charge is 2.12. The molecule has 0 fully saturated rings. The van der Waals surface area contributed by atoms with Crippen molar-refractivity contribution in [1.82, 2.24) is 0 Å². The molecular weight excluding hydrogens is 227 g/mol. The third kappa shape index (κ3) is 4.32. The summed E-state index contributed by atoms with van der Waals surface area (Å²) in [7, 11) is 0. The molecule has 0 saturated carbocycles. The van der Waals surface area contributed by atoms with Gasteiger partial charge in [0.05, 0.1) is 0 Å². The molecule has 1 atom stereocenters. The molecule has 0 aliphatic carbocycles. The van der Waals surface area contributed by atoms with Crippen molar-refractivity contribution >= 4 is 0 Å². The maximum absolute atomic E-state index is 12.2. The fourth-order valence-electron chi connectivity index (χ4n) is 2.01. The van der Waals surface area contributed by atoms with Crippen LogP contribution in [-0.4, -0.2) is 13.3 Å². The van der Waals surface area contributed by atoms with Crippen LogP contribution in [0.4, 0.5) is 4.39 Å². The second kappa shape index (κ2) is 7.40. The molecule has 2 heteroatoms. The lowest BCUT2D eigenvalue weighted by atomic mass is 9.89. The SMILES string of the molecule is CCCc1cc(OCCF)cc(C(C)C(C)C)c1. The highest BCUT2D eigenvalue weighted by Crippen LogP contribution is 2.28. The average molecular weight is 252 g/mol. The normalized spacial score (nSPS) is 12.8. The summed E-state index contributed by atoms with van der Waals surface area (Å²) in [6, 6.07) is 6.35. The van der Waals surface area contributed by atoms with Crippen LogP contribution in [0.25, 0.3) is 0 Å². The van der Waals surface area contributed by atoms with E-state index in [9.17, 15) is 4.39 Å². The van der Waals surface area contributed by atoms with Gasteiger partial charge >= 0.3 is 0 Å². The third-order valence-electron chi connectivity index (χ3n) is 3.40. The quantitative estimate of drug-likeness (QED) is 0.680. The van der Waals surface area contributed by atoms with Crippen molar-refractivity contribution in [2.45, 2.75) is 46.5 Å². The van der Waals surface area contributed by atoms with Gasteiger partial charge in [-0.3, -0.25) is 0 Å². The van der Waals surface area contributed by atoms with E-state index in [-0.39, 0.29) is 6.61 Å². The number of aryl methyl sites for hydroxylation is 1. The first kappa shape index (κ1) is 15.0. The van der Waals surface area contributed by atoms with Crippen molar-refractivity contribution in [1.29, 1.82) is 0 Å². The van der Waals surface area contributed by atoms with Gasteiger partial charge in [0.2, 0.25) is 0 Å². The topological polar surface area (TPSA) is 9.23 Å². The predicted octanol–water partition coefficient (Wildman–Crippen LogP) is 4.75. The summed E-state index contributed by atoms with van der Waals surface area (Å²) < 4.78 is 17.6. The lowest BCUT2D eigenvalue weighted by molar-refractivity contribution is 0.272. The van der Waals surface area contributed by atoms with E-state index in [4.69, 9.17) is 4.74 Å². The van der Waals surface area contributed by atoms with Gasteiger partial charge in [-0.25, -0.2) is 4.39 Å². The molecule has 0 spiro atoms. The van der Waals surface area contributed by atoms with Crippen molar-refractivity contribution in [3.8, 4) is 5.75 Å². The lowest BCUT2D eigenvalue weighted by Crippen LogP contribution is -2.05. The fourth-order valence-corrected chi connectivity index (χ4v) is 2.01. The summed E-state index contributed by atoms with van der Waals surface area (Å²) in [5.74, 6) is 1.89. The zero-order valence-corrected chi connectivity index (χ0v) is 12.0. The van der Waals surface area contributed by atoms with Gasteiger partial charge < -0.3 is 4.74 Å². The standard InChI is InChI=1S/C16H25FO/c1-5-6-14-9-15(13(4)12(2)3)11-16(10-14)18-8-7-17/h9-13H,5-8H2,1-4H3. The van der Waals surface area contributed by atoms with Crippen molar-refractivity contribution in [2.75, 3.05) is 13.3 Å². The molecule has 0 heterocycles. The van der Waals surface area contributed by atoms with Gasteiger partial charge in [0, 0.05) is 0 Å². The molecule has 0 aliphatic rings. The van der Waals surface area contributed by atoms with Crippen LogP contribution in [0.5, 0.6) is 5.75 Å². The number of rotatable bonds is 7. The molecule has 18 heavy (non-hydrogen) atoms. The van der Waals surface area contributed by atoms with Gasteiger partial charge in [-0.15, -0.1) is 0 Å². The number of halogens is 1. The summed E-state index contributed by atoms with van der Waals surface area (Å²) in [4.78, 5) is 0. The number of benzene rings is 1. The minimum absolute atomic E-state index is 0.144. The Hall–Kier alpha value is -1.05. The first-order valence-electron chi connectivity index (χ1n) is 6.91. The maximum atomic E-state index is 12.2. The monoisotopic (exact) mass is 252 g/mol. The fraction of sp³-hybridized carbons (Fsp3) is 0.625. The first-order chi connectivity index (χ1) is 8.58. The second-order valence-electron chi connectivity index (χ2n) is 5.23. The number of hydrogen-bond acceptors (Lipinski definition) is 1. The van der Waals surface area contributed by atoms with Crippen LogP contribution in [-0.2, 0) is 6.42 Å². The predicted molar refractivity (Wildman–Crippen MR) is 75.2 cm³/mol. The number of hydrogen-bond donors (Lipinski definition) is 0. The van der Waals surface area contributed by atoms with E-state index in [0.717, 1.165) is 18.6 Å². The van der Waals surface area contributed by atoms with E-state index in [1.165, 1.54) is 11.1 Å². The summed E-state index contributed by atoms with van der Waals surface area (Å²) in [5, 5.41) is 0. The first-order valence-corrected chi connectivity index (χ1v) is 6.91. The van der Waals surface area contributed by atoms with E-state index in [2.05, 4.69) is 39.8 Å². The number of alkyl halides is 1. The van der Waals surface area contributed by atoms with E-state index in [0.29, 0.717) is 11.8 Å². The van der Waals surface area contributed by atoms with Crippen molar-refractivity contribution in [3.05, 3.63) is 29.3 Å². The summed E-state index contributed by atoms with van der Waals surface area (Å²) in [6.45, 7) is 8.55. The van der Waals surface area contributed by atoms with Gasteiger partial charge in [-0.05, 0) is 41.5 Å². The second-order valence-corrected chi connectivity index (χ2v) is 5.23. The van der Waals surface area contributed by atoms with Crippen LogP contribution in [0.15, 0.2) is 18.2 Å². The summed E-state index contributed by atoms with van der Waals surface area (Å²) in [5.41, 5.74) is 2.58. The molecule has 102 valence electrons. The van der Waals surface area contributed by atoms with Crippen molar-refractivity contribution in [3.63, 3.8) is 0 Å². The van der Waals surface area contributed by atoms with Gasteiger partial charge in [-0.2, -0.15) is 0 Å². The maximum Gasteiger partial charge on any atom is 0.123 e. The van der Waals surface area contributed by atoms with Crippen LogP contribution in [0, 0.1) is 5.92 Å². The molecule has 1 unspecified atom stereocenters. The third-order valence-corrected chi connectivity index (χ3v) is 3.40. The smallest absolute Gasteiger partial charge is 0.123 e. The lowest BCUT2D eigenvalue weighted by Gasteiger charge is -2.18. The average Bonchev–Trinajstić information content (AvgIpc) is 2.35. The van der Waals surface area contributed by atoms with Gasteiger partial charge in [0.1, 0.15) is 19.0 Å². The molecule has 0 bridgehead atoms. The van der Waals surface area contributed by atoms with E-state index in [1.54, 1.807) is 0 Å². The van der Waals surface area contributed by atoms with Crippen LogP contribution in [0.3, 0.4) is 0 Å². The Balaban J connectivity index is 2.97. The van der Waals surface area contributed by atoms with Crippen LogP contribution >= 0.6 is 0 Å². The van der Waals surface area contributed by atoms with Crippen LogP contribution in [0.2, 0.25) is 0 Å². The molecule has 0 N–H and O–H groups in total. The molecule has 0 saturated heterocycles. The Kier molecular flexibility index (Phi) is 6.17.